The van der Waals surface area contributed by atoms with Crippen LogP contribution in [0.4, 0.5) is 0 Å². The van der Waals surface area contributed by atoms with E-state index in [1.807, 2.05) is 0 Å². The van der Waals surface area contributed by atoms with Gasteiger partial charge in [-0.15, -0.1) is 0 Å². The molecule has 0 bridgehead atoms. The summed E-state index contributed by atoms with van der Waals surface area (Å²) in [6.07, 6.45) is 18.5. The molecule has 4 aliphatic rings. The minimum absolute atomic E-state index is 0.00327. The summed E-state index contributed by atoms with van der Waals surface area (Å²) in [6, 6.07) is 0. The molecule has 0 N–H and O–H groups in total. The Morgan fingerprint density at radius 3 is 2.52 bits per heavy atom. The van der Waals surface area contributed by atoms with Crippen LogP contribution in [0.2, 0.25) is 0 Å². The van der Waals surface area contributed by atoms with E-state index in [2.05, 4.69) is 46.8 Å². The Balaban J connectivity index is 1.46. The van der Waals surface area contributed by atoms with E-state index in [0.29, 0.717) is 16.7 Å². The van der Waals surface area contributed by atoms with E-state index in [1.54, 1.807) is 6.92 Å². The van der Waals surface area contributed by atoms with E-state index in [1.165, 1.54) is 57.8 Å². The van der Waals surface area contributed by atoms with Gasteiger partial charge in [-0.05, 0) is 103 Å². The average molecular weight is 429 g/mol. The second-order valence-electron chi connectivity index (χ2n) is 12.8. The molecule has 31 heavy (non-hydrogen) atoms. The molecule has 0 amide bonds. The molecule has 9 atom stereocenters. The van der Waals surface area contributed by atoms with Crippen LogP contribution >= 0.6 is 0 Å². The van der Waals surface area contributed by atoms with Gasteiger partial charge in [0.1, 0.15) is 6.10 Å². The van der Waals surface area contributed by atoms with E-state index in [-0.39, 0.29) is 12.1 Å². The number of hydrogen-bond acceptors (Lipinski definition) is 2. The van der Waals surface area contributed by atoms with E-state index < -0.39 is 0 Å². The summed E-state index contributed by atoms with van der Waals surface area (Å²) in [5.41, 5.74) is 0.877. The maximum Gasteiger partial charge on any atom is 0.303 e. The first-order chi connectivity index (χ1) is 14.6. The molecule has 0 radical (unpaired) electrons. The second kappa shape index (κ2) is 8.86. The molecule has 4 rings (SSSR count). The van der Waals surface area contributed by atoms with Crippen molar-refractivity contribution in [3.8, 4) is 0 Å². The number of carbonyl (C=O) groups is 1. The summed E-state index contributed by atoms with van der Waals surface area (Å²) in [6.45, 7) is 14.1. The van der Waals surface area contributed by atoms with Crippen molar-refractivity contribution >= 4 is 5.97 Å². The van der Waals surface area contributed by atoms with Crippen LogP contribution in [0.3, 0.4) is 0 Å². The molecular formula is C29H48O2. The van der Waals surface area contributed by atoms with Gasteiger partial charge < -0.3 is 4.74 Å². The zero-order chi connectivity index (χ0) is 22.4. The Bertz CT molecular complexity index is 680. The summed E-state index contributed by atoms with van der Waals surface area (Å²) in [5.74, 6) is 5.87. The van der Waals surface area contributed by atoms with E-state index in [9.17, 15) is 4.79 Å². The molecule has 7 unspecified atom stereocenters. The zero-order valence-corrected chi connectivity index (χ0v) is 21.2. The first kappa shape index (κ1) is 23.4. The van der Waals surface area contributed by atoms with Crippen molar-refractivity contribution in [3.05, 3.63) is 12.2 Å². The molecular weight excluding hydrogens is 380 g/mol. The Morgan fingerprint density at radius 2 is 1.81 bits per heavy atom. The highest BCUT2D eigenvalue weighted by Crippen LogP contribution is 2.67. The fourth-order valence-corrected chi connectivity index (χ4v) is 9.10. The van der Waals surface area contributed by atoms with Crippen LogP contribution in [0, 0.1) is 52.3 Å². The van der Waals surface area contributed by atoms with Crippen molar-refractivity contribution < 1.29 is 9.53 Å². The number of esters is 1. The number of ether oxygens (including phenoxy) is 1. The number of fused-ring (bicyclic) bond motifs is 5. The van der Waals surface area contributed by atoms with Gasteiger partial charge in [-0.1, -0.05) is 60.0 Å². The van der Waals surface area contributed by atoms with Crippen molar-refractivity contribution in [1.82, 2.24) is 0 Å². The maximum atomic E-state index is 11.5. The standard InChI is InChI=1S/C29H48O2/c1-19(2)8-7-9-20(3)25-12-13-26-24-11-10-22-18-23(31-21(4)30)14-16-28(22,5)27(24)15-17-29(25,26)6/h14,16,19-20,22-27H,7-13,15,17-18H2,1-6H3/t20-,22+,23?,24?,25?,26?,27?,28?,29?/m1/s1. The average Bonchev–Trinajstić information content (AvgIpc) is 3.05. The Hall–Kier alpha value is -0.790. The molecule has 0 heterocycles. The fraction of sp³-hybridized carbons (Fsp3) is 0.897. The highest BCUT2D eigenvalue weighted by molar-refractivity contribution is 5.66. The first-order valence-electron chi connectivity index (χ1n) is 13.5. The smallest absolute Gasteiger partial charge is 0.303 e. The number of rotatable bonds is 6. The third-order valence-electron chi connectivity index (χ3n) is 10.7. The van der Waals surface area contributed by atoms with Gasteiger partial charge in [0.15, 0.2) is 0 Å². The van der Waals surface area contributed by atoms with Crippen LogP contribution in [0.15, 0.2) is 12.2 Å². The third-order valence-corrected chi connectivity index (χ3v) is 10.7. The van der Waals surface area contributed by atoms with Crippen LogP contribution in [0.25, 0.3) is 0 Å². The summed E-state index contributed by atoms with van der Waals surface area (Å²) in [7, 11) is 0. The summed E-state index contributed by atoms with van der Waals surface area (Å²) in [4.78, 5) is 11.5. The quantitative estimate of drug-likeness (QED) is 0.318. The van der Waals surface area contributed by atoms with Gasteiger partial charge in [0.25, 0.3) is 0 Å². The summed E-state index contributed by atoms with van der Waals surface area (Å²) in [5, 5.41) is 0. The van der Waals surface area contributed by atoms with Crippen LogP contribution in [-0.2, 0) is 9.53 Å². The monoisotopic (exact) mass is 428 g/mol. The van der Waals surface area contributed by atoms with E-state index in [4.69, 9.17) is 4.74 Å². The number of allylic oxidation sites excluding steroid dienone is 1. The lowest BCUT2D eigenvalue weighted by molar-refractivity contribution is -0.147. The zero-order valence-electron chi connectivity index (χ0n) is 21.2. The molecule has 176 valence electrons. The van der Waals surface area contributed by atoms with E-state index >= 15 is 0 Å². The minimum atomic E-state index is -0.139. The van der Waals surface area contributed by atoms with Gasteiger partial charge in [0.05, 0.1) is 0 Å². The van der Waals surface area contributed by atoms with Gasteiger partial charge in [0.2, 0.25) is 0 Å². The Kier molecular flexibility index (Phi) is 6.68. The molecule has 3 fully saturated rings. The summed E-state index contributed by atoms with van der Waals surface area (Å²) < 4.78 is 5.57. The maximum absolute atomic E-state index is 11.5. The van der Waals surface area contributed by atoms with Gasteiger partial charge in [0, 0.05) is 6.92 Å². The van der Waals surface area contributed by atoms with Crippen LogP contribution in [-0.4, -0.2) is 12.1 Å². The predicted octanol–water partition coefficient (Wildman–Crippen LogP) is 7.82. The number of carbonyl (C=O) groups excluding carboxylic acids is 1. The molecule has 2 nitrogen and oxygen atoms in total. The Morgan fingerprint density at radius 1 is 1.03 bits per heavy atom. The molecule has 3 saturated carbocycles. The van der Waals surface area contributed by atoms with Gasteiger partial charge in [-0.25, -0.2) is 0 Å². The lowest BCUT2D eigenvalue weighted by atomic mass is 9.45. The lowest BCUT2D eigenvalue weighted by Gasteiger charge is -2.59. The molecule has 2 heteroatoms. The second-order valence-corrected chi connectivity index (χ2v) is 12.8. The normalized spacial score (nSPS) is 45.0. The molecule has 4 aliphatic carbocycles. The van der Waals surface area contributed by atoms with Crippen LogP contribution in [0.1, 0.15) is 106 Å². The Labute approximate surface area is 192 Å². The third kappa shape index (κ3) is 4.26. The molecule has 0 aromatic carbocycles. The molecule has 0 aliphatic heterocycles. The predicted molar refractivity (Wildman–Crippen MR) is 129 cm³/mol. The molecule has 0 aromatic rings. The first-order valence-corrected chi connectivity index (χ1v) is 13.5. The van der Waals surface area contributed by atoms with Crippen LogP contribution in [0.5, 0.6) is 0 Å². The minimum Gasteiger partial charge on any atom is -0.458 e. The van der Waals surface area contributed by atoms with Crippen molar-refractivity contribution in [1.29, 1.82) is 0 Å². The highest BCUT2D eigenvalue weighted by Gasteiger charge is 2.60. The van der Waals surface area contributed by atoms with Crippen molar-refractivity contribution in [2.45, 2.75) is 112 Å². The number of hydrogen-bond donors (Lipinski definition) is 0. The van der Waals surface area contributed by atoms with E-state index in [0.717, 1.165) is 41.9 Å². The van der Waals surface area contributed by atoms with Gasteiger partial charge in [-0.2, -0.15) is 0 Å². The fourth-order valence-electron chi connectivity index (χ4n) is 9.10. The van der Waals surface area contributed by atoms with Crippen molar-refractivity contribution in [2.24, 2.45) is 52.3 Å². The molecule has 0 spiro atoms. The van der Waals surface area contributed by atoms with Crippen molar-refractivity contribution in [3.63, 3.8) is 0 Å². The lowest BCUT2D eigenvalue weighted by Crippen LogP contribution is -2.53. The van der Waals surface area contributed by atoms with Gasteiger partial charge >= 0.3 is 5.97 Å². The topological polar surface area (TPSA) is 26.3 Å². The molecule has 0 saturated heterocycles. The van der Waals surface area contributed by atoms with Gasteiger partial charge in [-0.3, -0.25) is 4.79 Å². The summed E-state index contributed by atoms with van der Waals surface area (Å²) >= 11 is 0. The SMILES string of the molecule is CC(=O)OC1C=CC2(C)C3CCC4(C)C(CCC4[C@H](C)CCCC(C)C)C3CC[C@H]2C1. The largest absolute Gasteiger partial charge is 0.458 e. The molecule has 0 aromatic heterocycles. The highest BCUT2D eigenvalue weighted by atomic mass is 16.5. The van der Waals surface area contributed by atoms with Crippen LogP contribution < -0.4 is 0 Å². The van der Waals surface area contributed by atoms with Crippen molar-refractivity contribution in [2.75, 3.05) is 0 Å².